The molecule has 0 bridgehead atoms. The van der Waals surface area contributed by atoms with E-state index in [-0.39, 0.29) is 11.8 Å². The molecule has 1 saturated carbocycles. The van der Waals surface area contributed by atoms with Crippen LogP contribution in [-0.4, -0.2) is 28.6 Å². The lowest BCUT2D eigenvalue weighted by Crippen LogP contribution is -2.57. The number of aliphatic carboxylic acids is 1. The van der Waals surface area contributed by atoms with Crippen molar-refractivity contribution in [1.29, 1.82) is 0 Å². The molecule has 1 fully saturated rings. The summed E-state index contributed by atoms with van der Waals surface area (Å²) >= 11 is 0. The summed E-state index contributed by atoms with van der Waals surface area (Å²) in [5.41, 5.74) is 5.13. The lowest BCUT2D eigenvalue weighted by atomic mass is 9.94. The summed E-state index contributed by atoms with van der Waals surface area (Å²) in [6.45, 7) is 3.72. The molecule has 0 saturated heterocycles. The highest BCUT2D eigenvalue weighted by molar-refractivity contribution is 5.90. The highest BCUT2D eigenvalue weighted by Crippen LogP contribution is 2.27. The van der Waals surface area contributed by atoms with Crippen LogP contribution in [0.25, 0.3) is 0 Å². The Morgan fingerprint density at radius 3 is 2.35 bits per heavy atom. The van der Waals surface area contributed by atoms with Gasteiger partial charge in [0.25, 0.3) is 0 Å². The molecule has 0 aromatic carbocycles. The number of carboxylic acids is 1. The van der Waals surface area contributed by atoms with Crippen LogP contribution in [0.5, 0.6) is 0 Å². The Hall–Kier alpha value is -1.10. The first kappa shape index (κ1) is 14.0. The largest absolute Gasteiger partial charge is 0.480 e. The number of nitrogens with two attached hydrogens (primary N) is 1. The normalized spacial score (nSPS) is 21.8. The second-order valence-electron chi connectivity index (χ2n) is 5.04. The van der Waals surface area contributed by atoms with Crippen molar-refractivity contribution in [1.82, 2.24) is 5.32 Å². The van der Waals surface area contributed by atoms with Gasteiger partial charge < -0.3 is 16.2 Å². The van der Waals surface area contributed by atoms with Crippen LogP contribution >= 0.6 is 0 Å². The van der Waals surface area contributed by atoms with Gasteiger partial charge in [0.15, 0.2) is 0 Å². The van der Waals surface area contributed by atoms with Crippen LogP contribution in [0, 0.1) is 5.92 Å². The smallest absolute Gasteiger partial charge is 0.326 e. The van der Waals surface area contributed by atoms with E-state index in [2.05, 4.69) is 5.32 Å². The number of carbonyl (C=O) groups is 2. The van der Waals surface area contributed by atoms with E-state index < -0.39 is 17.6 Å². The van der Waals surface area contributed by atoms with Crippen molar-refractivity contribution in [2.24, 2.45) is 11.7 Å². The number of rotatable bonds is 5. The molecule has 1 aliphatic rings. The van der Waals surface area contributed by atoms with E-state index in [9.17, 15) is 9.59 Å². The maximum atomic E-state index is 12.0. The minimum atomic E-state index is -0.991. The number of hydrogen-bond donors (Lipinski definition) is 3. The average molecular weight is 242 g/mol. The molecule has 1 amide bonds. The third-order valence-corrected chi connectivity index (χ3v) is 3.71. The van der Waals surface area contributed by atoms with Gasteiger partial charge in [0.1, 0.15) is 6.04 Å². The first-order valence-electron chi connectivity index (χ1n) is 6.23. The van der Waals surface area contributed by atoms with Gasteiger partial charge in [-0.1, -0.05) is 33.1 Å². The summed E-state index contributed by atoms with van der Waals surface area (Å²) in [7, 11) is 0. The molecule has 0 aromatic heterocycles. The van der Waals surface area contributed by atoms with Crippen molar-refractivity contribution in [2.75, 3.05) is 0 Å². The van der Waals surface area contributed by atoms with E-state index in [1.807, 2.05) is 13.8 Å². The first-order chi connectivity index (χ1) is 7.90. The third-order valence-electron chi connectivity index (χ3n) is 3.71. The molecule has 0 aromatic rings. The van der Waals surface area contributed by atoms with Gasteiger partial charge in [-0.25, -0.2) is 4.79 Å². The maximum Gasteiger partial charge on any atom is 0.326 e. The summed E-state index contributed by atoms with van der Waals surface area (Å²) in [5, 5.41) is 11.7. The quantitative estimate of drug-likeness (QED) is 0.667. The summed E-state index contributed by atoms with van der Waals surface area (Å²) in [6, 6.07) is -0.839. The second-order valence-corrected chi connectivity index (χ2v) is 5.04. The Morgan fingerprint density at radius 1 is 1.41 bits per heavy atom. The van der Waals surface area contributed by atoms with E-state index in [1.54, 1.807) is 0 Å². The molecule has 4 N–H and O–H groups in total. The third kappa shape index (κ3) is 3.19. The van der Waals surface area contributed by atoms with Crippen LogP contribution in [0.15, 0.2) is 0 Å². The zero-order chi connectivity index (χ0) is 13.1. The molecule has 1 aliphatic carbocycles. The Labute approximate surface area is 102 Å². The van der Waals surface area contributed by atoms with Gasteiger partial charge in [0.05, 0.1) is 5.54 Å². The Balaban J connectivity index is 2.67. The van der Waals surface area contributed by atoms with Gasteiger partial charge in [-0.2, -0.15) is 0 Å². The minimum Gasteiger partial charge on any atom is -0.480 e. The number of hydrogen-bond acceptors (Lipinski definition) is 3. The number of amides is 1. The molecule has 1 rings (SSSR count). The molecule has 0 radical (unpaired) electrons. The highest BCUT2D eigenvalue weighted by Gasteiger charge is 2.39. The van der Waals surface area contributed by atoms with Gasteiger partial charge in [-0.15, -0.1) is 0 Å². The lowest BCUT2D eigenvalue weighted by Gasteiger charge is -2.27. The maximum absolute atomic E-state index is 12.0. The zero-order valence-electron chi connectivity index (χ0n) is 10.5. The van der Waals surface area contributed by atoms with Gasteiger partial charge in [-0.05, 0) is 18.8 Å². The summed E-state index contributed by atoms with van der Waals surface area (Å²) in [5.74, 6) is -1.40. The Kier molecular flexibility index (Phi) is 4.51. The second kappa shape index (κ2) is 5.49. The molecule has 0 heterocycles. The zero-order valence-corrected chi connectivity index (χ0v) is 10.5. The standard InChI is InChI=1S/C12H22N2O3/c1-3-8(2)9(10(15)16)14-11(17)12(13)6-4-5-7-12/h8-9H,3-7,13H2,1-2H3,(H,14,17)(H,15,16)/t8-,9-/m0/s1. The predicted molar refractivity (Wildman–Crippen MR) is 64.4 cm³/mol. The lowest BCUT2D eigenvalue weighted by molar-refractivity contribution is -0.144. The van der Waals surface area contributed by atoms with Gasteiger partial charge >= 0.3 is 5.97 Å². The van der Waals surface area contributed by atoms with Crippen LogP contribution in [-0.2, 0) is 9.59 Å². The monoisotopic (exact) mass is 242 g/mol. The van der Waals surface area contributed by atoms with Crippen LogP contribution in [0.2, 0.25) is 0 Å². The fourth-order valence-electron chi connectivity index (χ4n) is 2.20. The van der Waals surface area contributed by atoms with E-state index in [1.165, 1.54) is 0 Å². The van der Waals surface area contributed by atoms with Crippen molar-refractivity contribution in [3.05, 3.63) is 0 Å². The van der Waals surface area contributed by atoms with Crippen LogP contribution in [0.3, 0.4) is 0 Å². The molecular weight excluding hydrogens is 220 g/mol. The van der Waals surface area contributed by atoms with Crippen LogP contribution < -0.4 is 11.1 Å². The van der Waals surface area contributed by atoms with E-state index >= 15 is 0 Å². The summed E-state index contributed by atoms with van der Waals surface area (Å²) < 4.78 is 0. The Morgan fingerprint density at radius 2 is 1.94 bits per heavy atom. The number of carbonyl (C=O) groups excluding carboxylic acids is 1. The molecule has 0 spiro atoms. The molecule has 5 heteroatoms. The number of carboxylic acid groups (broad SMARTS) is 1. The average Bonchev–Trinajstić information content (AvgIpc) is 2.72. The summed E-state index contributed by atoms with van der Waals surface area (Å²) in [6.07, 6.45) is 3.86. The van der Waals surface area contributed by atoms with E-state index in [0.29, 0.717) is 19.3 Å². The molecule has 5 nitrogen and oxygen atoms in total. The molecule has 17 heavy (non-hydrogen) atoms. The van der Waals surface area contributed by atoms with Crippen LogP contribution in [0.4, 0.5) is 0 Å². The van der Waals surface area contributed by atoms with Crippen LogP contribution in [0.1, 0.15) is 46.0 Å². The fraction of sp³-hybridized carbons (Fsp3) is 0.833. The van der Waals surface area contributed by atoms with Crippen molar-refractivity contribution in [2.45, 2.75) is 57.5 Å². The Bertz CT molecular complexity index is 298. The highest BCUT2D eigenvalue weighted by atomic mass is 16.4. The molecule has 2 atom stereocenters. The minimum absolute atomic E-state index is 0.0959. The first-order valence-corrected chi connectivity index (χ1v) is 6.23. The fourth-order valence-corrected chi connectivity index (χ4v) is 2.20. The molecular formula is C12H22N2O3. The van der Waals surface area contributed by atoms with E-state index in [0.717, 1.165) is 12.8 Å². The van der Waals surface area contributed by atoms with Gasteiger partial charge in [0.2, 0.25) is 5.91 Å². The number of nitrogens with one attached hydrogen (secondary N) is 1. The topological polar surface area (TPSA) is 92.4 Å². The molecule has 98 valence electrons. The van der Waals surface area contributed by atoms with Gasteiger partial charge in [-0.3, -0.25) is 4.79 Å². The molecule has 0 unspecified atom stereocenters. The van der Waals surface area contributed by atoms with Gasteiger partial charge in [0, 0.05) is 0 Å². The van der Waals surface area contributed by atoms with Crippen molar-refractivity contribution in [3.63, 3.8) is 0 Å². The predicted octanol–water partition coefficient (Wildman–Crippen LogP) is 0.873. The summed E-state index contributed by atoms with van der Waals surface area (Å²) in [4.78, 5) is 23.1. The molecule has 0 aliphatic heterocycles. The SMILES string of the molecule is CC[C@H](C)[C@H](NC(=O)C1(N)CCCC1)C(=O)O. The van der Waals surface area contributed by atoms with Crippen molar-refractivity contribution >= 4 is 11.9 Å². The van der Waals surface area contributed by atoms with E-state index in [4.69, 9.17) is 10.8 Å². The van der Waals surface area contributed by atoms with Crippen molar-refractivity contribution < 1.29 is 14.7 Å². The van der Waals surface area contributed by atoms with Crippen molar-refractivity contribution in [3.8, 4) is 0 Å².